The van der Waals surface area contributed by atoms with Gasteiger partial charge in [-0.05, 0) is 126 Å². The molecule has 0 aromatic carbocycles. The lowest BCUT2D eigenvalue weighted by molar-refractivity contribution is -0.0850. The molecule has 0 radical (unpaired) electrons. The van der Waals surface area contributed by atoms with Gasteiger partial charge in [0, 0.05) is 31.8 Å². The number of hydrogen-bond acceptors (Lipinski definition) is 7. The monoisotopic (exact) mass is 600 g/mol. The van der Waals surface area contributed by atoms with Crippen LogP contribution in [0.4, 0.5) is 0 Å². The van der Waals surface area contributed by atoms with Crippen LogP contribution in [0.1, 0.15) is 130 Å². The Kier molecular flexibility index (Phi) is 24.4. The van der Waals surface area contributed by atoms with E-state index in [9.17, 15) is 5.11 Å². The first-order valence-corrected chi connectivity index (χ1v) is 17.5. The lowest BCUT2D eigenvalue weighted by Crippen LogP contribution is -2.45. The predicted molar refractivity (Wildman–Crippen MR) is 179 cm³/mol. The summed E-state index contributed by atoms with van der Waals surface area (Å²) in [5.41, 5.74) is 17.9. The number of rotatable bonds is 12. The molecule has 0 saturated heterocycles. The van der Waals surface area contributed by atoms with Gasteiger partial charge in [0.2, 0.25) is 0 Å². The molecule has 0 aliphatic heterocycles. The SMILES string of the molecule is C=C1CCC2CCCC[C@]2(C)CC[C@H](OCCCN)[C@]2(C)C(CCCCO)CCC12.CC.NCCCO.NCCCO. The van der Waals surface area contributed by atoms with Crippen molar-refractivity contribution in [3.8, 4) is 0 Å². The fourth-order valence-corrected chi connectivity index (χ4v) is 7.72. The zero-order valence-electron chi connectivity index (χ0n) is 28.3. The van der Waals surface area contributed by atoms with Crippen molar-refractivity contribution in [3.05, 3.63) is 12.2 Å². The van der Waals surface area contributed by atoms with Gasteiger partial charge in [-0.25, -0.2) is 0 Å². The van der Waals surface area contributed by atoms with E-state index in [-0.39, 0.29) is 18.6 Å². The zero-order valence-corrected chi connectivity index (χ0v) is 28.3. The van der Waals surface area contributed by atoms with Crippen molar-refractivity contribution in [2.45, 2.75) is 137 Å². The highest BCUT2D eigenvalue weighted by atomic mass is 16.5. The number of ether oxygens (including phenoxy) is 1. The zero-order chi connectivity index (χ0) is 31.9. The summed E-state index contributed by atoms with van der Waals surface area (Å²) in [6.45, 7) is 17.2. The Morgan fingerprint density at radius 2 is 1.38 bits per heavy atom. The molecule has 3 aliphatic rings. The molecule has 3 rings (SSSR count). The largest absolute Gasteiger partial charge is 0.396 e. The molecule has 3 aliphatic carbocycles. The number of fused-ring (bicyclic) bond motifs is 2. The van der Waals surface area contributed by atoms with Gasteiger partial charge in [0.25, 0.3) is 0 Å². The average molecular weight is 600 g/mol. The normalized spacial score (nSPS) is 30.8. The summed E-state index contributed by atoms with van der Waals surface area (Å²) in [7, 11) is 0. The first-order chi connectivity index (χ1) is 20.3. The smallest absolute Gasteiger partial charge is 0.0637 e. The second-order valence-electron chi connectivity index (χ2n) is 13.0. The summed E-state index contributed by atoms with van der Waals surface area (Å²) < 4.78 is 6.71. The molecule has 3 fully saturated rings. The fraction of sp³-hybridized carbons (Fsp3) is 0.943. The van der Waals surface area contributed by atoms with Crippen LogP contribution in [0.15, 0.2) is 12.2 Å². The van der Waals surface area contributed by atoms with E-state index in [0.717, 1.165) is 44.6 Å². The van der Waals surface area contributed by atoms with Gasteiger partial charge in [-0.3, -0.25) is 0 Å². The molecule has 6 atom stereocenters. The molecule has 0 heterocycles. The fourth-order valence-electron chi connectivity index (χ4n) is 7.72. The van der Waals surface area contributed by atoms with Gasteiger partial charge in [0.05, 0.1) is 6.10 Å². The van der Waals surface area contributed by atoms with Crippen molar-refractivity contribution in [1.29, 1.82) is 0 Å². The summed E-state index contributed by atoms with van der Waals surface area (Å²) in [5, 5.41) is 25.3. The first kappa shape index (κ1) is 41.5. The Balaban J connectivity index is 0.00000119. The van der Waals surface area contributed by atoms with Crippen molar-refractivity contribution in [2.24, 2.45) is 45.8 Å². The van der Waals surface area contributed by atoms with E-state index >= 15 is 0 Å². The second kappa shape index (κ2) is 24.7. The molecule has 0 bridgehead atoms. The van der Waals surface area contributed by atoms with Gasteiger partial charge in [-0.15, -0.1) is 0 Å². The van der Waals surface area contributed by atoms with Crippen molar-refractivity contribution < 1.29 is 20.1 Å². The van der Waals surface area contributed by atoms with E-state index in [1.165, 1.54) is 76.2 Å². The van der Waals surface area contributed by atoms with Crippen molar-refractivity contribution in [2.75, 3.05) is 46.1 Å². The Hall–Kier alpha value is -0.540. The number of aliphatic hydroxyl groups is 3. The summed E-state index contributed by atoms with van der Waals surface area (Å²) in [6.07, 6.45) is 19.2. The van der Waals surface area contributed by atoms with Crippen LogP contribution in [0.3, 0.4) is 0 Å². The van der Waals surface area contributed by atoms with E-state index in [0.29, 0.717) is 49.6 Å². The van der Waals surface area contributed by atoms with E-state index in [2.05, 4.69) is 20.4 Å². The minimum Gasteiger partial charge on any atom is -0.396 e. The Morgan fingerprint density at radius 1 is 0.762 bits per heavy atom. The highest BCUT2D eigenvalue weighted by molar-refractivity contribution is 5.15. The highest BCUT2D eigenvalue weighted by Crippen LogP contribution is 2.59. The summed E-state index contributed by atoms with van der Waals surface area (Å²) in [4.78, 5) is 0. The van der Waals surface area contributed by atoms with Crippen molar-refractivity contribution in [3.63, 3.8) is 0 Å². The molecule has 252 valence electrons. The number of allylic oxidation sites excluding steroid dienone is 1. The number of nitrogens with two attached hydrogens (primary N) is 3. The predicted octanol–water partition coefficient (Wildman–Crippen LogP) is 5.92. The third-order valence-corrected chi connectivity index (χ3v) is 10.3. The number of aliphatic hydroxyl groups excluding tert-OH is 3. The Labute approximate surface area is 260 Å². The lowest BCUT2D eigenvalue weighted by atomic mass is 9.58. The van der Waals surface area contributed by atoms with Gasteiger partial charge in [-0.1, -0.05) is 59.1 Å². The van der Waals surface area contributed by atoms with Crippen LogP contribution in [-0.2, 0) is 4.74 Å². The molecule has 3 saturated carbocycles. The summed E-state index contributed by atoms with van der Waals surface area (Å²) in [5.74, 6) is 2.13. The second-order valence-corrected chi connectivity index (χ2v) is 13.0. The quantitative estimate of drug-likeness (QED) is 0.120. The first-order valence-electron chi connectivity index (χ1n) is 17.5. The maximum absolute atomic E-state index is 9.31. The summed E-state index contributed by atoms with van der Waals surface area (Å²) >= 11 is 0. The molecule has 3 unspecified atom stereocenters. The molecular formula is C35H73N3O4. The van der Waals surface area contributed by atoms with E-state index < -0.39 is 0 Å². The van der Waals surface area contributed by atoms with Crippen LogP contribution in [0.25, 0.3) is 0 Å². The Morgan fingerprint density at radius 3 is 1.93 bits per heavy atom. The molecule has 0 aromatic heterocycles. The van der Waals surface area contributed by atoms with Gasteiger partial charge >= 0.3 is 0 Å². The topological polar surface area (TPSA) is 148 Å². The van der Waals surface area contributed by atoms with Crippen LogP contribution in [-0.4, -0.2) is 67.5 Å². The minimum atomic E-state index is 0.180. The highest BCUT2D eigenvalue weighted by Gasteiger charge is 2.53. The average Bonchev–Trinajstić information content (AvgIpc) is 3.33. The third kappa shape index (κ3) is 13.6. The molecule has 9 N–H and O–H groups in total. The standard InChI is InChI=1S/C27H49NO2.2C3H9NO.C2H6/c1-21-11-12-22-9-4-6-16-26(22,2)17-15-25(30-20-8-18-28)27(3)23(10-5-7-19-29)13-14-24(21)27;2*4-2-1-3-5;1-2/h22-25,29H,1,4-20,28H2,2-3H3;2*5H,1-4H2;1-2H3/t22?,23?,24?,25-,26+,27+;;;/m0.../s1. The van der Waals surface area contributed by atoms with Crippen molar-refractivity contribution >= 4 is 0 Å². The van der Waals surface area contributed by atoms with Crippen LogP contribution in [0, 0.1) is 28.6 Å². The van der Waals surface area contributed by atoms with Crippen molar-refractivity contribution in [1.82, 2.24) is 0 Å². The molecule has 0 aromatic rings. The molecule has 0 spiro atoms. The maximum atomic E-state index is 9.31. The van der Waals surface area contributed by atoms with Crippen LogP contribution >= 0.6 is 0 Å². The number of hydrogen-bond donors (Lipinski definition) is 6. The molecule has 42 heavy (non-hydrogen) atoms. The molecule has 7 heteroatoms. The molecule has 0 amide bonds. The maximum Gasteiger partial charge on any atom is 0.0637 e. The van der Waals surface area contributed by atoms with Gasteiger partial charge in [-0.2, -0.15) is 0 Å². The van der Waals surface area contributed by atoms with E-state index in [4.69, 9.17) is 32.2 Å². The van der Waals surface area contributed by atoms with E-state index in [1.54, 1.807) is 0 Å². The molecule has 7 nitrogen and oxygen atoms in total. The Bertz CT molecular complexity index is 642. The molecular weight excluding hydrogens is 526 g/mol. The van der Waals surface area contributed by atoms with Gasteiger partial charge < -0.3 is 37.3 Å². The minimum absolute atomic E-state index is 0.180. The third-order valence-electron chi connectivity index (χ3n) is 10.3. The van der Waals surface area contributed by atoms with Crippen LogP contribution < -0.4 is 17.2 Å². The van der Waals surface area contributed by atoms with Gasteiger partial charge in [0.1, 0.15) is 0 Å². The van der Waals surface area contributed by atoms with E-state index in [1.807, 2.05) is 13.8 Å². The summed E-state index contributed by atoms with van der Waals surface area (Å²) in [6, 6.07) is 0. The van der Waals surface area contributed by atoms with Gasteiger partial charge in [0.15, 0.2) is 0 Å². The van der Waals surface area contributed by atoms with Crippen LogP contribution in [0.5, 0.6) is 0 Å². The van der Waals surface area contributed by atoms with Crippen LogP contribution in [0.2, 0.25) is 0 Å². The lowest BCUT2D eigenvalue weighted by Gasteiger charge is -2.49. The number of unbranched alkanes of at least 4 members (excludes halogenated alkanes) is 1.